The average molecular weight is 1070 g/mol. The number of imide groups is 1. The van der Waals surface area contributed by atoms with E-state index < -0.39 is 108 Å². The second-order valence-electron chi connectivity index (χ2n) is 14.5. The van der Waals surface area contributed by atoms with E-state index >= 15 is 0 Å². The largest absolute Gasteiger partial charge is 0.480 e. The molecule has 0 radical (unpaired) electrons. The molecule has 2 aliphatic heterocycles. The molecule has 0 aliphatic carbocycles. The quantitative estimate of drug-likeness (QED) is 0.0216. The zero-order valence-corrected chi connectivity index (χ0v) is 37.4. The fourth-order valence-corrected chi connectivity index (χ4v) is 5.74. The molecule has 9 amide bonds. The van der Waals surface area contributed by atoms with E-state index in [2.05, 4.69) is 26.6 Å². The Morgan fingerprint density at radius 2 is 1.26 bits per heavy atom. The van der Waals surface area contributed by atoms with E-state index in [0.717, 1.165) is 22.0 Å². The summed E-state index contributed by atoms with van der Waals surface area (Å²) >= 11 is 0. The number of hydrogen-bond donors (Lipinski definition) is 10. The summed E-state index contributed by atoms with van der Waals surface area (Å²) in [5, 5.41) is 31.1. The van der Waals surface area contributed by atoms with Crippen molar-refractivity contribution in [3.05, 3.63) is 12.2 Å². The SMILES string of the molecule is CC(C)CC(CC(=O)N1CC(C(=O)O)(C(=O)O)C1)NC(=O)C(CC(N)=O)NC(=O)C(C)NC(=O)C(C)NC(=O)CCOCCOCCNC(=O)CCN1C(=O)C=CC1=O.N.N.[Pt]. The molecule has 0 aromatic rings. The summed E-state index contributed by atoms with van der Waals surface area (Å²) in [6.45, 7) is 5.77. The Hall–Kier alpha value is -5.36. The number of rotatable bonds is 27. The third-order valence-corrected chi connectivity index (χ3v) is 9.05. The molecule has 0 aromatic carbocycles. The minimum Gasteiger partial charge on any atom is -0.480 e. The van der Waals surface area contributed by atoms with Crippen LogP contribution >= 0.6 is 0 Å². The number of carbonyl (C=O) groups excluding carboxylic acids is 9. The first-order valence-electron chi connectivity index (χ1n) is 18.9. The Labute approximate surface area is 372 Å². The molecule has 1 saturated heterocycles. The average Bonchev–Trinajstić information content (AvgIpc) is 3.43. The number of carbonyl (C=O) groups is 11. The fourth-order valence-electron chi connectivity index (χ4n) is 5.74. The van der Waals surface area contributed by atoms with Crippen molar-refractivity contribution in [1.29, 1.82) is 0 Å². The van der Waals surface area contributed by atoms with Crippen LogP contribution in [0.3, 0.4) is 0 Å². The molecule has 0 bridgehead atoms. The number of likely N-dealkylation sites (tertiary alicyclic amines) is 1. The van der Waals surface area contributed by atoms with Gasteiger partial charge in [0.05, 0.1) is 32.8 Å². The number of nitrogens with one attached hydrogen (secondary N) is 5. The van der Waals surface area contributed by atoms with Crippen molar-refractivity contribution in [3.8, 4) is 0 Å². The summed E-state index contributed by atoms with van der Waals surface area (Å²) in [6.07, 6.45) is 1.40. The number of nitrogens with two attached hydrogens (primary N) is 1. The minimum atomic E-state index is -2.12. The number of carboxylic acids is 2. The van der Waals surface area contributed by atoms with Crippen molar-refractivity contribution in [2.45, 2.75) is 84.0 Å². The summed E-state index contributed by atoms with van der Waals surface area (Å²) in [7, 11) is 0. The zero-order valence-electron chi connectivity index (χ0n) is 35.1. The fraction of sp³-hybridized carbons (Fsp3) is 0.639. The van der Waals surface area contributed by atoms with Crippen molar-refractivity contribution in [2.24, 2.45) is 17.1 Å². The van der Waals surface area contributed by atoms with Gasteiger partial charge in [0.15, 0.2) is 5.41 Å². The molecule has 4 unspecified atom stereocenters. The molecule has 25 nitrogen and oxygen atoms in total. The van der Waals surface area contributed by atoms with Gasteiger partial charge in [0.2, 0.25) is 41.4 Å². The van der Waals surface area contributed by atoms with Gasteiger partial charge in [0.25, 0.3) is 11.8 Å². The summed E-state index contributed by atoms with van der Waals surface area (Å²) in [5.41, 5.74) is 3.19. The molecule has 354 valence electrons. The van der Waals surface area contributed by atoms with Gasteiger partial charge in [0.1, 0.15) is 18.1 Å². The van der Waals surface area contributed by atoms with Crippen LogP contribution in [0.4, 0.5) is 0 Å². The van der Waals surface area contributed by atoms with E-state index in [1.165, 1.54) is 13.8 Å². The van der Waals surface area contributed by atoms with Gasteiger partial charge in [-0.15, -0.1) is 0 Å². The van der Waals surface area contributed by atoms with Crippen LogP contribution in [0.15, 0.2) is 12.2 Å². The molecular formula is C36H60N10O15Pt. The predicted molar refractivity (Wildman–Crippen MR) is 211 cm³/mol. The maximum atomic E-state index is 13.3. The smallest absolute Gasteiger partial charge is 0.324 e. The monoisotopic (exact) mass is 1070 g/mol. The van der Waals surface area contributed by atoms with E-state index in [1.54, 1.807) is 13.8 Å². The summed E-state index contributed by atoms with van der Waals surface area (Å²) in [4.78, 5) is 136. The Morgan fingerprint density at radius 1 is 0.726 bits per heavy atom. The molecule has 15 N–H and O–H groups in total. The van der Waals surface area contributed by atoms with Gasteiger partial charge in [-0.1, -0.05) is 13.8 Å². The molecule has 2 aliphatic rings. The molecule has 4 atom stereocenters. The first kappa shape index (κ1) is 58.7. The number of hydrogen-bond acceptors (Lipinski definition) is 15. The molecule has 1 fully saturated rings. The molecule has 0 aromatic heterocycles. The number of ether oxygens (including phenoxy) is 2. The second kappa shape index (κ2) is 28.3. The van der Waals surface area contributed by atoms with Crippen LogP contribution in [-0.2, 0) is 83.3 Å². The Bertz CT molecular complexity index is 1620. The summed E-state index contributed by atoms with van der Waals surface area (Å²) < 4.78 is 10.7. The van der Waals surface area contributed by atoms with Gasteiger partial charge in [0, 0.05) is 84.7 Å². The van der Waals surface area contributed by atoms with E-state index in [9.17, 15) is 63.0 Å². The number of carboxylic acid groups (broad SMARTS) is 2. The molecule has 2 rings (SSSR count). The Kier molecular flexibility index (Phi) is 26.8. The third-order valence-electron chi connectivity index (χ3n) is 9.05. The van der Waals surface area contributed by atoms with Crippen LogP contribution in [0.2, 0.25) is 0 Å². The number of amides is 9. The van der Waals surface area contributed by atoms with Crippen LogP contribution in [0.1, 0.15) is 59.8 Å². The molecule has 62 heavy (non-hydrogen) atoms. The number of primary amides is 1. The van der Waals surface area contributed by atoms with Crippen LogP contribution in [-0.4, -0.2) is 162 Å². The van der Waals surface area contributed by atoms with Gasteiger partial charge in [-0.25, -0.2) is 0 Å². The van der Waals surface area contributed by atoms with Crippen LogP contribution in [0.25, 0.3) is 0 Å². The third kappa shape index (κ3) is 19.1. The van der Waals surface area contributed by atoms with Crippen molar-refractivity contribution in [1.82, 2.24) is 48.7 Å². The molecule has 0 spiro atoms. The van der Waals surface area contributed by atoms with Crippen LogP contribution in [0.5, 0.6) is 0 Å². The van der Waals surface area contributed by atoms with Gasteiger partial charge in [-0.2, -0.15) is 0 Å². The predicted octanol–water partition coefficient (Wildman–Crippen LogP) is -3.55. The molecular weight excluding hydrogens is 1010 g/mol. The zero-order chi connectivity index (χ0) is 44.4. The topological polar surface area (TPSA) is 409 Å². The second-order valence-corrected chi connectivity index (χ2v) is 14.5. The summed E-state index contributed by atoms with van der Waals surface area (Å²) in [6, 6.07) is -4.71. The van der Waals surface area contributed by atoms with Crippen LogP contribution in [0, 0.1) is 11.3 Å². The van der Waals surface area contributed by atoms with Crippen LogP contribution < -0.4 is 44.6 Å². The van der Waals surface area contributed by atoms with E-state index in [-0.39, 0.29) is 110 Å². The molecule has 26 heteroatoms. The normalized spacial score (nSPS) is 15.5. The van der Waals surface area contributed by atoms with Crippen molar-refractivity contribution < 1.29 is 93.5 Å². The van der Waals surface area contributed by atoms with Crippen molar-refractivity contribution in [3.63, 3.8) is 0 Å². The van der Waals surface area contributed by atoms with Gasteiger partial charge < -0.3 is 69.2 Å². The number of aliphatic carboxylic acids is 2. The first-order chi connectivity index (χ1) is 27.7. The first-order valence-corrected chi connectivity index (χ1v) is 18.9. The van der Waals surface area contributed by atoms with Crippen molar-refractivity contribution >= 4 is 65.1 Å². The molecule has 0 saturated carbocycles. The molecule has 2 heterocycles. The van der Waals surface area contributed by atoms with Crippen molar-refractivity contribution in [2.75, 3.05) is 52.6 Å². The Balaban J connectivity index is 0. The maximum Gasteiger partial charge on any atom is 0.324 e. The van der Waals surface area contributed by atoms with E-state index in [0.29, 0.717) is 0 Å². The van der Waals surface area contributed by atoms with Gasteiger partial charge in [-0.3, -0.25) is 57.6 Å². The Morgan fingerprint density at radius 3 is 1.79 bits per heavy atom. The standard InChI is InChI=1S/C36H54N8O15.2H3N.Pt/c1-20(2)15-23(16-30(50)43-18-36(19-43,34(54)55)35(56)57)41-33(53)24(17-25(37)45)42-32(52)22(4)40-31(51)21(3)39-27(47)8-11-58-13-14-59-12-9-38-26(46)7-10-44-28(48)5-6-29(44)49;;;/h5-6,20-24H,7-19H2,1-4H3,(H2,37,45)(H,38,46)(H,39,47)(H,40,51)(H,41,53)(H,42,52)(H,54,55)(H,56,57);2*1H3;. The number of nitrogens with zero attached hydrogens (tertiary/aromatic N) is 2. The summed E-state index contributed by atoms with van der Waals surface area (Å²) in [5.74, 6) is -9.10. The van der Waals surface area contributed by atoms with Gasteiger partial charge >= 0.3 is 11.9 Å². The van der Waals surface area contributed by atoms with E-state index in [1.807, 2.05) is 0 Å². The van der Waals surface area contributed by atoms with E-state index in [4.69, 9.17) is 15.2 Å². The maximum absolute atomic E-state index is 13.3. The minimum absolute atomic E-state index is 0. The van der Waals surface area contributed by atoms with Gasteiger partial charge in [-0.05, 0) is 26.2 Å².